The van der Waals surface area contributed by atoms with Crippen LogP contribution in [-0.4, -0.2) is 28.2 Å². The first kappa shape index (κ1) is 13.9. The maximum atomic E-state index is 13.0. The summed E-state index contributed by atoms with van der Waals surface area (Å²) in [5, 5.41) is 9.75. The average molecular weight is 285 g/mol. The van der Waals surface area contributed by atoms with E-state index in [1.807, 2.05) is 0 Å². The smallest absolute Gasteiger partial charge is 0.393 e. The van der Waals surface area contributed by atoms with Crippen LogP contribution in [0.5, 0.6) is 0 Å². The van der Waals surface area contributed by atoms with Crippen molar-refractivity contribution in [3.63, 3.8) is 0 Å². The van der Waals surface area contributed by atoms with Crippen molar-refractivity contribution in [3.8, 4) is 0 Å². The molecule has 0 aliphatic carbocycles. The van der Waals surface area contributed by atoms with Crippen molar-refractivity contribution in [2.45, 2.75) is 56.6 Å². The van der Waals surface area contributed by atoms with Crippen molar-refractivity contribution >= 4 is 0 Å². The summed E-state index contributed by atoms with van der Waals surface area (Å²) in [4.78, 5) is 2.15. The van der Waals surface area contributed by atoms with Gasteiger partial charge in [-0.15, -0.1) is 0 Å². The molecule has 5 heteroatoms. The molecule has 0 spiro atoms. The van der Waals surface area contributed by atoms with Gasteiger partial charge < -0.3 is 5.11 Å². The minimum absolute atomic E-state index is 0.227. The first-order valence-corrected chi connectivity index (χ1v) is 7.04. The van der Waals surface area contributed by atoms with Crippen molar-refractivity contribution in [2.24, 2.45) is 0 Å². The molecule has 2 nitrogen and oxygen atoms in total. The number of rotatable bonds is 2. The zero-order chi connectivity index (χ0) is 14.3. The SMILES string of the molecule is OC1CC2CCC(C1)N2Cc1ccccc1C(F)(F)F. The van der Waals surface area contributed by atoms with Gasteiger partial charge in [-0.1, -0.05) is 18.2 Å². The van der Waals surface area contributed by atoms with E-state index in [1.54, 1.807) is 12.1 Å². The molecule has 110 valence electrons. The molecule has 1 aromatic rings. The topological polar surface area (TPSA) is 23.5 Å². The maximum Gasteiger partial charge on any atom is 0.416 e. The summed E-state index contributed by atoms with van der Waals surface area (Å²) in [7, 11) is 0. The first-order chi connectivity index (χ1) is 9.45. The molecular formula is C15H18F3NO. The molecule has 2 aliphatic heterocycles. The Morgan fingerprint density at radius 1 is 1.10 bits per heavy atom. The molecule has 0 saturated carbocycles. The lowest BCUT2D eigenvalue weighted by molar-refractivity contribution is -0.138. The van der Waals surface area contributed by atoms with Crippen LogP contribution in [0.4, 0.5) is 13.2 Å². The van der Waals surface area contributed by atoms with Crippen LogP contribution in [0.1, 0.15) is 36.8 Å². The molecule has 2 heterocycles. The Morgan fingerprint density at radius 3 is 2.30 bits per heavy atom. The fourth-order valence-electron chi connectivity index (χ4n) is 3.64. The second-order valence-corrected chi connectivity index (χ2v) is 5.84. The highest BCUT2D eigenvalue weighted by Gasteiger charge is 2.41. The molecule has 2 fully saturated rings. The van der Waals surface area contributed by atoms with Crippen LogP contribution in [0, 0.1) is 0 Å². The van der Waals surface area contributed by atoms with Gasteiger partial charge in [0.25, 0.3) is 0 Å². The zero-order valence-corrected chi connectivity index (χ0v) is 11.1. The van der Waals surface area contributed by atoms with Gasteiger partial charge >= 0.3 is 6.18 Å². The monoisotopic (exact) mass is 285 g/mol. The molecule has 0 aromatic heterocycles. The van der Waals surface area contributed by atoms with E-state index in [9.17, 15) is 18.3 Å². The summed E-state index contributed by atoms with van der Waals surface area (Å²) in [6.45, 7) is 0.331. The predicted molar refractivity (Wildman–Crippen MR) is 69.0 cm³/mol. The number of aliphatic hydroxyl groups excluding tert-OH is 1. The largest absolute Gasteiger partial charge is 0.416 e. The van der Waals surface area contributed by atoms with Crippen LogP contribution < -0.4 is 0 Å². The van der Waals surface area contributed by atoms with Crippen LogP contribution in [0.2, 0.25) is 0 Å². The van der Waals surface area contributed by atoms with Crippen LogP contribution in [0.25, 0.3) is 0 Å². The third-order valence-corrected chi connectivity index (χ3v) is 4.54. The molecule has 2 unspecified atom stereocenters. The minimum atomic E-state index is -4.30. The quantitative estimate of drug-likeness (QED) is 0.902. The Labute approximate surface area is 116 Å². The Hall–Kier alpha value is -1.07. The Morgan fingerprint density at radius 2 is 1.70 bits per heavy atom. The second kappa shape index (κ2) is 5.04. The summed E-state index contributed by atoms with van der Waals surface area (Å²) in [5.74, 6) is 0. The number of fused-ring (bicyclic) bond motifs is 2. The summed E-state index contributed by atoms with van der Waals surface area (Å²) in [5.41, 5.74) is -0.196. The first-order valence-electron chi connectivity index (χ1n) is 7.04. The third-order valence-electron chi connectivity index (χ3n) is 4.54. The van der Waals surface area contributed by atoms with Gasteiger partial charge in [0.2, 0.25) is 0 Å². The minimum Gasteiger partial charge on any atom is -0.393 e. The lowest BCUT2D eigenvalue weighted by Gasteiger charge is -2.37. The molecule has 20 heavy (non-hydrogen) atoms. The van der Waals surface area contributed by atoms with Crippen molar-refractivity contribution in [3.05, 3.63) is 35.4 Å². The fourth-order valence-corrected chi connectivity index (χ4v) is 3.64. The van der Waals surface area contributed by atoms with Crippen LogP contribution in [0.3, 0.4) is 0 Å². The average Bonchev–Trinajstić information content (AvgIpc) is 2.61. The van der Waals surface area contributed by atoms with Crippen molar-refractivity contribution in [1.29, 1.82) is 0 Å². The van der Waals surface area contributed by atoms with Crippen LogP contribution in [-0.2, 0) is 12.7 Å². The van der Waals surface area contributed by atoms with Gasteiger partial charge in [-0.05, 0) is 37.3 Å². The number of hydrogen-bond donors (Lipinski definition) is 1. The zero-order valence-electron chi connectivity index (χ0n) is 11.1. The van der Waals surface area contributed by atoms with Gasteiger partial charge in [-0.2, -0.15) is 13.2 Å². The van der Waals surface area contributed by atoms with Gasteiger partial charge in [0.05, 0.1) is 11.7 Å². The normalized spacial score (nSPS) is 30.7. The molecule has 1 aromatic carbocycles. The predicted octanol–water partition coefficient (Wildman–Crippen LogP) is 3.19. The lowest BCUT2D eigenvalue weighted by Crippen LogP contribution is -2.44. The Balaban J connectivity index is 1.83. The number of alkyl halides is 3. The van der Waals surface area contributed by atoms with Gasteiger partial charge in [0, 0.05) is 18.6 Å². The molecule has 0 amide bonds. The van der Waals surface area contributed by atoms with Gasteiger partial charge in [-0.25, -0.2) is 0 Å². The van der Waals surface area contributed by atoms with E-state index in [1.165, 1.54) is 6.07 Å². The third kappa shape index (κ3) is 2.56. The van der Waals surface area contributed by atoms with Gasteiger partial charge in [-0.3, -0.25) is 4.90 Å². The van der Waals surface area contributed by atoms with Crippen molar-refractivity contribution in [1.82, 2.24) is 4.90 Å². The van der Waals surface area contributed by atoms with E-state index in [0.29, 0.717) is 24.9 Å². The highest BCUT2D eigenvalue weighted by molar-refractivity contribution is 5.30. The summed E-state index contributed by atoms with van der Waals surface area (Å²) < 4.78 is 39.0. The molecule has 2 aliphatic rings. The van der Waals surface area contributed by atoms with E-state index < -0.39 is 11.7 Å². The standard InChI is InChI=1S/C15H18F3NO/c16-15(17,18)14-4-2-1-3-10(14)9-19-11-5-6-12(19)8-13(20)7-11/h1-4,11-13,20H,5-9H2. The number of nitrogens with zero attached hydrogens (tertiary/aromatic N) is 1. The highest BCUT2D eigenvalue weighted by atomic mass is 19.4. The lowest BCUT2D eigenvalue weighted by atomic mass is 9.98. The van der Waals surface area contributed by atoms with E-state index in [2.05, 4.69) is 4.90 Å². The van der Waals surface area contributed by atoms with Gasteiger partial charge in [0.15, 0.2) is 0 Å². The molecule has 1 N–H and O–H groups in total. The molecule has 0 radical (unpaired) electrons. The van der Waals surface area contributed by atoms with Crippen molar-refractivity contribution < 1.29 is 18.3 Å². The summed E-state index contributed by atoms with van der Waals surface area (Å²) in [6.07, 6.45) is -1.26. The highest BCUT2D eigenvalue weighted by Crippen LogP contribution is 2.39. The molecule has 3 rings (SSSR count). The van der Waals surface area contributed by atoms with E-state index in [4.69, 9.17) is 0 Å². The second-order valence-electron chi connectivity index (χ2n) is 5.84. The van der Waals surface area contributed by atoms with Crippen LogP contribution >= 0.6 is 0 Å². The van der Waals surface area contributed by atoms with Crippen molar-refractivity contribution in [2.75, 3.05) is 0 Å². The Kier molecular flexibility index (Phi) is 3.50. The number of piperidine rings is 1. The van der Waals surface area contributed by atoms with Gasteiger partial charge in [0.1, 0.15) is 0 Å². The summed E-state index contributed by atoms with van der Waals surface area (Å²) in [6, 6.07) is 6.25. The van der Waals surface area contributed by atoms with E-state index >= 15 is 0 Å². The number of hydrogen-bond acceptors (Lipinski definition) is 2. The fraction of sp³-hybridized carbons (Fsp3) is 0.600. The Bertz CT molecular complexity index is 474. The number of benzene rings is 1. The molecule has 2 saturated heterocycles. The number of aliphatic hydroxyl groups is 1. The molecule has 2 atom stereocenters. The molecule has 2 bridgehead atoms. The van der Waals surface area contributed by atoms with E-state index in [0.717, 1.165) is 18.9 Å². The maximum absolute atomic E-state index is 13.0. The van der Waals surface area contributed by atoms with Crippen LogP contribution in [0.15, 0.2) is 24.3 Å². The molecular weight excluding hydrogens is 267 g/mol. The number of halogens is 3. The summed E-state index contributed by atoms with van der Waals surface area (Å²) >= 11 is 0. The van der Waals surface area contributed by atoms with E-state index in [-0.39, 0.29) is 18.2 Å².